The van der Waals surface area contributed by atoms with Crippen molar-refractivity contribution in [1.29, 1.82) is 0 Å². The number of rotatable bonds is 3. The third-order valence-electron chi connectivity index (χ3n) is 9.95. The van der Waals surface area contributed by atoms with Gasteiger partial charge in [0.15, 0.2) is 11.4 Å². The molecule has 10 heteroatoms. The maximum atomic E-state index is 14.3. The number of hydrogen-bond donors (Lipinski definition) is 4. The minimum absolute atomic E-state index is 0.0828. The summed E-state index contributed by atoms with van der Waals surface area (Å²) in [6.07, 6.45) is -7.26. The van der Waals surface area contributed by atoms with Crippen LogP contribution in [0.1, 0.15) is 57.8 Å². The number of Topliss-reactive ketones (excluding diaryl/α,β-unsaturated/α-hetero) is 1. The molecule has 1 aliphatic heterocycles. The summed E-state index contributed by atoms with van der Waals surface area (Å²) in [4.78, 5) is 40.3. The number of hydrogen-bond acceptors (Lipinski definition) is 10. The van der Waals surface area contributed by atoms with Crippen LogP contribution in [0, 0.1) is 16.7 Å². The molecule has 10 nitrogen and oxygen atoms in total. The van der Waals surface area contributed by atoms with E-state index in [0.29, 0.717) is 5.57 Å². The van der Waals surface area contributed by atoms with Crippen LogP contribution < -0.4 is 0 Å². The van der Waals surface area contributed by atoms with Crippen LogP contribution in [0.2, 0.25) is 0 Å². The van der Waals surface area contributed by atoms with Gasteiger partial charge in [-0.25, -0.2) is 4.79 Å². The molecular weight excluding hydrogens is 508 g/mol. The van der Waals surface area contributed by atoms with Crippen molar-refractivity contribution in [2.24, 2.45) is 16.7 Å². The van der Waals surface area contributed by atoms with E-state index in [9.17, 15) is 34.8 Å². The minimum atomic E-state index is -2.07. The van der Waals surface area contributed by atoms with Crippen LogP contribution in [0.4, 0.5) is 0 Å². The first-order valence-electron chi connectivity index (χ1n) is 13.2. The number of ether oxygens (including phenoxy) is 3. The highest BCUT2D eigenvalue weighted by Gasteiger charge is 2.77. The van der Waals surface area contributed by atoms with E-state index < -0.39 is 76.2 Å². The second-order valence-electron chi connectivity index (χ2n) is 12.2. The maximum absolute atomic E-state index is 14.3. The molecule has 0 spiro atoms. The fourth-order valence-corrected chi connectivity index (χ4v) is 7.66. The van der Waals surface area contributed by atoms with Gasteiger partial charge < -0.3 is 34.6 Å². The van der Waals surface area contributed by atoms with Crippen molar-refractivity contribution in [2.75, 3.05) is 6.61 Å². The quantitative estimate of drug-likeness (QED) is 0.320. The van der Waals surface area contributed by atoms with Gasteiger partial charge in [0, 0.05) is 25.2 Å². The van der Waals surface area contributed by atoms with Crippen molar-refractivity contribution >= 4 is 17.7 Å². The maximum Gasteiger partial charge on any atom is 0.338 e. The van der Waals surface area contributed by atoms with E-state index in [1.54, 1.807) is 39.0 Å². The van der Waals surface area contributed by atoms with Gasteiger partial charge in [-0.05, 0) is 37.1 Å². The highest BCUT2D eigenvalue weighted by molar-refractivity contribution is 5.94. The Morgan fingerprint density at radius 1 is 1.08 bits per heavy atom. The monoisotopic (exact) mass is 544 g/mol. The normalized spacial score (nSPS) is 42.7. The van der Waals surface area contributed by atoms with E-state index in [0.717, 1.165) is 0 Å². The Balaban J connectivity index is 1.81. The summed E-state index contributed by atoms with van der Waals surface area (Å²) in [6.45, 7) is 7.29. The van der Waals surface area contributed by atoms with Crippen molar-refractivity contribution in [3.63, 3.8) is 0 Å². The predicted octanol–water partition coefficient (Wildman–Crippen LogP) is 1.08. The van der Waals surface area contributed by atoms with E-state index >= 15 is 0 Å². The highest BCUT2D eigenvalue weighted by atomic mass is 16.6. The number of benzene rings is 1. The summed E-state index contributed by atoms with van der Waals surface area (Å²) < 4.78 is 17.7. The number of fused-ring (bicyclic) bond motifs is 5. The number of aliphatic hydroxyl groups excluding tert-OH is 3. The molecule has 4 N–H and O–H groups in total. The zero-order valence-electron chi connectivity index (χ0n) is 22.7. The molecule has 0 radical (unpaired) electrons. The highest BCUT2D eigenvalue weighted by Crippen LogP contribution is 2.63. The van der Waals surface area contributed by atoms with Crippen LogP contribution in [-0.4, -0.2) is 86.5 Å². The molecular formula is C29H36O10. The van der Waals surface area contributed by atoms with E-state index in [-0.39, 0.29) is 30.6 Å². The summed E-state index contributed by atoms with van der Waals surface area (Å²) >= 11 is 0. The van der Waals surface area contributed by atoms with E-state index in [2.05, 4.69) is 0 Å². The molecule has 1 saturated heterocycles. The lowest BCUT2D eigenvalue weighted by atomic mass is 9.44. The zero-order valence-corrected chi connectivity index (χ0v) is 22.7. The molecule has 3 fully saturated rings. The van der Waals surface area contributed by atoms with Crippen molar-refractivity contribution in [1.82, 2.24) is 0 Å². The van der Waals surface area contributed by atoms with Gasteiger partial charge in [-0.2, -0.15) is 0 Å². The Morgan fingerprint density at radius 2 is 1.72 bits per heavy atom. The largest absolute Gasteiger partial charge is 0.455 e. The SMILES string of the molecule is CC(=O)O[C@@]12CO[C@@H]1CC(O)[C@@]1(C)C(=O)[C@H](O)C3=C(C)[C@@H](O)C[C@@](O)(C(OC(=O)c4ccccc4)C12)C3(C)C. The molecule has 1 heterocycles. The summed E-state index contributed by atoms with van der Waals surface area (Å²) in [5.74, 6) is -3.60. The van der Waals surface area contributed by atoms with Crippen LogP contribution in [0.3, 0.4) is 0 Å². The van der Waals surface area contributed by atoms with Gasteiger partial charge >= 0.3 is 11.9 Å². The van der Waals surface area contributed by atoms with Crippen LogP contribution in [0.25, 0.3) is 0 Å². The van der Waals surface area contributed by atoms with Gasteiger partial charge in [0.1, 0.15) is 23.9 Å². The van der Waals surface area contributed by atoms with Crippen molar-refractivity contribution in [3.8, 4) is 0 Å². The Morgan fingerprint density at radius 3 is 2.28 bits per heavy atom. The lowest BCUT2D eigenvalue weighted by Crippen LogP contribution is -2.81. The van der Waals surface area contributed by atoms with Crippen LogP contribution in [0.15, 0.2) is 41.5 Å². The average Bonchev–Trinajstić information content (AvgIpc) is 2.87. The third kappa shape index (κ3) is 3.62. The number of carbonyl (C=O) groups is 3. The first-order chi connectivity index (χ1) is 18.1. The summed E-state index contributed by atoms with van der Waals surface area (Å²) in [5.41, 5.74) is -6.24. The third-order valence-corrected chi connectivity index (χ3v) is 9.95. The first kappa shape index (κ1) is 27.9. The van der Waals surface area contributed by atoms with E-state index in [4.69, 9.17) is 14.2 Å². The summed E-state index contributed by atoms with van der Waals surface area (Å²) in [6, 6.07) is 8.08. The average molecular weight is 545 g/mol. The Kier molecular flexibility index (Phi) is 6.40. The zero-order chi connectivity index (χ0) is 28.7. The van der Waals surface area contributed by atoms with Crippen LogP contribution in [0.5, 0.6) is 0 Å². The molecule has 212 valence electrons. The summed E-state index contributed by atoms with van der Waals surface area (Å²) in [5, 5.41) is 46.7. The molecule has 2 bridgehead atoms. The standard InChI is InChI=1S/C29H36O10/c1-14-17(31)12-29(36)24(38-25(35)16-9-7-6-8-10-16)22-27(5,23(34)21(33)20(14)26(29,3)4)18(32)11-19-28(22,13-37-19)39-15(2)30/h6-10,17-19,21-22,24,31-33,36H,11-13H2,1-5H3/t17-,18?,19+,21+,22?,24?,27+,28-,29+/m0/s1. The fraction of sp³-hybridized carbons (Fsp3) is 0.621. The Bertz CT molecular complexity index is 1240. The van der Waals surface area contributed by atoms with Gasteiger partial charge in [0.2, 0.25) is 0 Å². The summed E-state index contributed by atoms with van der Waals surface area (Å²) in [7, 11) is 0. The molecule has 3 aliphatic carbocycles. The lowest BCUT2D eigenvalue weighted by Gasteiger charge is -2.67. The molecule has 2 saturated carbocycles. The second kappa shape index (κ2) is 8.94. The van der Waals surface area contributed by atoms with Gasteiger partial charge in [0.25, 0.3) is 0 Å². The van der Waals surface area contributed by atoms with Crippen molar-refractivity contribution < 1.29 is 49.0 Å². The first-order valence-corrected chi connectivity index (χ1v) is 13.2. The number of aliphatic hydroxyl groups is 4. The smallest absolute Gasteiger partial charge is 0.338 e. The molecule has 9 atom stereocenters. The number of carbonyl (C=O) groups excluding carboxylic acids is 3. The van der Waals surface area contributed by atoms with Crippen molar-refractivity contribution in [2.45, 2.75) is 89.2 Å². The molecule has 1 aromatic rings. The molecule has 0 aromatic heterocycles. The van der Waals surface area contributed by atoms with Crippen LogP contribution >= 0.6 is 0 Å². The van der Waals surface area contributed by atoms with Crippen LogP contribution in [-0.2, 0) is 23.8 Å². The Labute approximate surface area is 226 Å². The molecule has 1 aromatic carbocycles. The number of ketones is 1. The topological polar surface area (TPSA) is 160 Å². The van der Waals surface area contributed by atoms with Gasteiger partial charge in [-0.15, -0.1) is 0 Å². The lowest BCUT2D eigenvalue weighted by molar-refractivity contribution is -0.345. The van der Waals surface area contributed by atoms with Gasteiger partial charge in [0.05, 0.1) is 35.7 Å². The predicted molar refractivity (Wildman–Crippen MR) is 135 cm³/mol. The molecule has 4 aliphatic rings. The van der Waals surface area contributed by atoms with Gasteiger partial charge in [-0.3, -0.25) is 9.59 Å². The van der Waals surface area contributed by atoms with Gasteiger partial charge in [-0.1, -0.05) is 32.0 Å². The molecule has 39 heavy (non-hydrogen) atoms. The second-order valence-corrected chi connectivity index (χ2v) is 12.2. The molecule has 0 amide bonds. The fourth-order valence-electron chi connectivity index (χ4n) is 7.66. The minimum Gasteiger partial charge on any atom is -0.455 e. The number of esters is 2. The molecule has 3 unspecified atom stereocenters. The van der Waals surface area contributed by atoms with E-state index in [1.807, 2.05) is 0 Å². The van der Waals surface area contributed by atoms with Crippen molar-refractivity contribution in [3.05, 3.63) is 47.0 Å². The molecule has 5 rings (SSSR count). The Hall–Kier alpha value is -2.63. The van der Waals surface area contributed by atoms with E-state index in [1.165, 1.54) is 26.0 Å².